The second-order valence-electron chi connectivity index (χ2n) is 16.8. The van der Waals surface area contributed by atoms with Crippen LogP contribution >= 0.6 is 0 Å². The number of hydrogen-bond donors (Lipinski definition) is 0. The van der Waals surface area contributed by atoms with Gasteiger partial charge in [-0.1, -0.05) is 125 Å². The minimum atomic E-state index is -8.38. The Morgan fingerprint density at radius 3 is 0.609 bits per heavy atom. The summed E-state index contributed by atoms with van der Waals surface area (Å²) >= 11 is -8.38. The van der Waals surface area contributed by atoms with Crippen LogP contribution in [0.4, 0.5) is 39.5 Å². The Hall–Kier alpha value is 0.0130. The zero-order valence-electron chi connectivity index (χ0n) is 31.1. The van der Waals surface area contributed by atoms with Gasteiger partial charge in [-0.25, -0.2) is 0 Å². The summed E-state index contributed by atoms with van der Waals surface area (Å²) < 4.78 is 111. The molecule has 0 N–H and O–H groups in total. The molecule has 272 valence electrons. The summed E-state index contributed by atoms with van der Waals surface area (Å²) in [7, 11) is 0. The molecule has 0 atom stereocenters. The Bertz CT molecular complexity index is 812. The van der Waals surface area contributed by atoms with Crippen LogP contribution in [0.5, 0.6) is 0 Å². The Morgan fingerprint density at radius 2 is 0.522 bits per heavy atom. The van der Waals surface area contributed by atoms with Gasteiger partial charge in [0.15, 0.2) is 0 Å². The summed E-state index contributed by atoms with van der Waals surface area (Å²) in [6, 6.07) is 1.90. The predicted molar refractivity (Wildman–Crippen MR) is 174 cm³/mol. The molecule has 0 bridgehead atoms. The largest absolute Gasteiger partial charge is 4.00 e. The molecule has 1 rings (SSSR count). The van der Waals surface area contributed by atoms with Gasteiger partial charge in [-0.3, -0.25) is 0 Å². The van der Waals surface area contributed by atoms with Crippen LogP contribution in [0.15, 0.2) is 24.3 Å². The molecule has 0 aliphatic rings. The van der Waals surface area contributed by atoms with Crippen LogP contribution in [-0.4, -0.2) is 61.5 Å². The van der Waals surface area contributed by atoms with Gasteiger partial charge in [0.25, 0.3) is 0 Å². The Labute approximate surface area is 294 Å². The molecule has 3 nitrogen and oxygen atoms in total. The van der Waals surface area contributed by atoms with Crippen LogP contribution in [0.1, 0.15) is 125 Å². The molecule has 0 saturated carbocycles. The van der Waals surface area contributed by atoms with Crippen molar-refractivity contribution in [1.29, 1.82) is 0 Å². The molecular weight excluding hydrogens is 848 g/mol. The van der Waals surface area contributed by atoms with Crippen LogP contribution in [0, 0.1) is 0 Å². The van der Waals surface area contributed by atoms with E-state index in [1.54, 1.807) is 0 Å². The molecule has 14 heteroatoms. The molecule has 1 aromatic carbocycles. The van der Waals surface area contributed by atoms with Crippen LogP contribution in [0.25, 0.3) is 16.0 Å². The molecule has 0 aromatic heterocycles. The van der Waals surface area contributed by atoms with E-state index in [0.717, 1.165) is 12.1 Å². The first kappa shape index (κ1) is 52.8. The minimum Gasteiger partial charge on any atom is 4.00 e. The van der Waals surface area contributed by atoms with Crippen molar-refractivity contribution in [2.24, 2.45) is 0 Å². The minimum absolute atomic E-state index is 0. The summed E-state index contributed by atoms with van der Waals surface area (Å²) in [5.74, 6) is 0. The third kappa shape index (κ3) is 24.2. The monoisotopic (exact) mass is 909 g/mol. The van der Waals surface area contributed by atoms with Crippen LogP contribution in [0.3, 0.4) is 0 Å². The summed E-state index contributed by atoms with van der Waals surface area (Å²) in [6.07, 6.45) is 0. The Kier molecular flexibility index (Phi) is 20.4. The second-order valence-corrected chi connectivity index (χ2v) is 24.7. The molecule has 0 aliphatic carbocycles. The van der Waals surface area contributed by atoms with Crippen molar-refractivity contribution in [3.63, 3.8) is 0 Å². The van der Waals surface area contributed by atoms with E-state index in [0.29, 0.717) is 0 Å². The Balaban J connectivity index is -0.000000271. The number of halogens is 9. The van der Waals surface area contributed by atoms with Crippen LogP contribution in [-0.2, 0) is 25.8 Å². The van der Waals surface area contributed by atoms with Crippen molar-refractivity contribution in [1.82, 2.24) is 0 Å². The molecular formula is C32H58F9GeHfN3. The molecule has 0 fully saturated rings. The number of alkyl halides is 9. The zero-order valence-corrected chi connectivity index (χ0v) is 36.7. The molecule has 0 unspecified atom stereocenters. The predicted octanol–water partition coefficient (Wildman–Crippen LogP) is 12.2. The normalized spacial score (nSPS) is 14.1. The fourth-order valence-electron chi connectivity index (χ4n) is 4.62. The number of rotatable bonds is 1. The van der Waals surface area contributed by atoms with E-state index in [1.165, 1.54) is 0 Å². The average Bonchev–Trinajstić information content (AvgIpc) is 3.03. The quantitative estimate of drug-likeness (QED) is 0.153. The first-order chi connectivity index (χ1) is 19.0. The van der Waals surface area contributed by atoms with Crippen molar-refractivity contribution in [2.75, 3.05) is 0 Å². The summed E-state index contributed by atoms with van der Waals surface area (Å²) in [5, 5.41) is -5.44. The van der Waals surface area contributed by atoms with Crippen molar-refractivity contribution < 1.29 is 65.4 Å². The van der Waals surface area contributed by atoms with E-state index < -0.39 is 32.7 Å². The third-order valence-corrected chi connectivity index (χ3v) is 12.3. The SMILES string of the molecule is CC(C)(C)[N-]C(C)(C)C.CC(C)(C)[N-]C(C)(C)C.CC(C)(C)[N-]C(C)(C)C.F[C](F)(F)[Ge]([c-]1cccc1)([C](F)(F)F)[C](F)(F)F.[Hf+4]. The summed E-state index contributed by atoms with van der Waals surface area (Å²) in [6.45, 7) is 38.2. The molecule has 0 saturated heterocycles. The smallest absolute Gasteiger partial charge is 4.00 e. The topological polar surface area (TPSA) is 42.3 Å². The van der Waals surface area contributed by atoms with Gasteiger partial charge >= 0.3 is 122 Å². The van der Waals surface area contributed by atoms with Crippen molar-refractivity contribution >= 4 is 17.7 Å². The molecule has 0 radical (unpaired) electrons. The average molecular weight is 907 g/mol. The van der Waals surface area contributed by atoms with Gasteiger partial charge in [0.2, 0.25) is 0 Å². The molecule has 46 heavy (non-hydrogen) atoms. The summed E-state index contributed by atoms with van der Waals surface area (Å²) in [5.41, 5.74) is 0.656. The molecule has 1 aromatic rings. The van der Waals surface area contributed by atoms with Gasteiger partial charge in [-0.2, -0.15) is 0 Å². The third-order valence-electron chi connectivity index (χ3n) is 4.38. The second kappa shape index (κ2) is 17.8. The maximum atomic E-state index is 12.6. The maximum Gasteiger partial charge on any atom is 4.00 e. The van der Waals surface area contributed by atoms with Gasteiger partial charge in [-0.05, 0) is 0 Å². The van der Waals surface area contributed by atoms with Gasteiger partial charge in [0.05, 0.1) is 0 Å². The van der Waals surface area contributed by atoms with Crippen molar-refractivity contribution in [3.05, 3.63) is 40.2 Å². The van der Waals surface area contributed by atoms with Gasteiger partial charge < -0.3 is 16.0 Å². The van der Waals surface area contributed by atoms with Gasteiger partial charge in [-0.15, -0.1) is 33.2 Å². The zero-order chi connectivity index (χ0) is 37.5. The van der Waals surface area contributed by atoms with Crippen LogP contribution < -0.4 is 4.40 Å². The van der Waals surface area contributed by atoms with E-state index in [-0.39, 0.29) is 71.2 Å². The maximum absolute atomic E-state index is 12.6. The number of nitrogens with zero attached hydrogens (tertiary/aromatic N) is 3. The first-order valence-electron chi connectivity index (χ1n) is 14.6. The molecule has 0 heterocycles. The van der Waals surface area contributed by atoms with Crippen molar-refractivity contribution in [3.8, 4) is 0 Å². The summed E-state index contributed by atoms with van der Waals surface area (Å²) in [4.78, 5) is 0. The molecule has 0 amide bonds. The molecule has 0 aliphatic heterocycles. The van der Waals surface area contributed by atoms with E-state index in [4.69, 9.17) is 0 Å². The first-order valence-corrected chi connectivity index (χ1v) is 18.8. The fourth-order valence-corrected chi connectivity index (χ4v) is 10.2. The van der Waals surface area contributed by atoms with E-state index in [2.05, 4.69) is 141 Å². The standard InChI is InChI=1S/C8H4F9Ge.3C8H18N.Hf/c9-6(10,11)18(7(12,13)14,8(15,16)17)5-3-1-2-4-5;3*1-7(2,3)9-8(4,5)6;/h1-4H;3*1-6H3;/q4*-1;+4. The van der Waals surface area contributed by atoms with Gasteiger partial charge in [0, 0.05) is 0 Å². The van der Waals surface area contributed by atoms with E-state index in [9.17, 15) is 39.5 Å². The number of hydrogen-bond acceptors (Lipinski definition) is 0. The Morgan fingerprint density at radius 1 is 0.370 bits per heavy atom. The van der Waals surface area contributed by atoms with E-state index in [1.807, 2.05) is 0 Å². The fraction of sp³-hybridized carbons (Fsp3) is 0.844. The van der Waals surface area contributed by atoms with Crippen LogP contribution in [0.2, 0.25) is 0 Å². The van der Waals surface area contributed by atoms with Crippen molar-refractivity contribution in [2.45, 2.75) is 173 Å². The van der Waals surface area contributed by atoms with E-state index >= 15 is 0 Å². The molecule has 0 spiro atoms. The van der Waals surface area contributed by atoms with Gasteiger partial charge in [0.1, 0.15) is 0 Å².